The van der Waals surface area contributed by atoms with Crippen molar-refractivity contribution in [2.24, 2.45) is 0 Å². The molecule has 0 bridgehead atoms. The Kier molecular flexibility index (Phi) is 5.64. The summed E-state index contributed by atoms with van der Waals surface area (Å²) in [6.07, 6.45) is 3.85. The van der Waals surface area contributed by atoms with Gasteiger partial charge in [0.15, 0.2) is 0 Å². The summed E-state index contributed by atoms with van der Waals surface area (Å²) in [5.41, 5.74) is 0.638. The molecular weight excluding hydrogens is 316 g/mol. The van der Waals surface area contributed by atoms with Crippen LogP contribution in [0.15, 0.2) is 23.1 Å². The van der Waals surface area contributed by atoms with Gasteiger partial charge in [-0.2, -0.15) is 0 Å². The molecule has 1 aliphatic heterocycles. The zero-order valence-electron chi connectivity index (χ0n) is 13.6. The van der Waals surface area contributed by atoms with Crippen LogP contribution in [0.2, 0.25) is 0 Å². The smallest absolute Gasteiger partial charge is 0.337 e. The molecule has 1 aromatic rings. The first-order valence-corrected chi connectivity index (χ1v) is 9.48. The van der Waals surface area contributed by atoms with E-state index in [0.29, 0.717) is 12.1 Å². The van der Waals surface area contributed by atoms with Crippen LogP contribution >= 0.6 is 0 Å². The molecule has 0 saturated carbocycles. The number of aromatic carboxylic acids is 1. The van der Waals surface area contributed by atoms with Gasteiger partial charge >= 0.3 is 5.97 Å². The lowest BCUT2D eigenvalue weighted by atomic mass is 10.1. The van der Waals surface area contributed by atoms with E-state index in [9.17, 15) is 18.3 Å². The number of carboxylic acid groups (broad SMARTS) is 1. The second kappa shape index (κ2) is 7.31. The van der Waals surface area contributed by atoms with E-state index < -0.39 is 16.0 Å². The lowest BCUT2D eigenvalue weighted by Crippen LogP contribution is -2.33. The lowest BCUT2D eigenvalue weighted by molar-refractivity contribution is 0.0697. The third-order valence-electron chi connectivity index (χ3n) is 4.17. The summed E-state index contributed by atoms with van der Waals surface area (Å²) in [6, 6.07) is 4.16. The number of sulfonamides is 1. The van der Waals surface area contributed by atoms with Gasteiger partial charge in [0.05, 0.1) is 16.1 Å². The average Bonchev–Trinajstić information content (AvgIpc) is 2.54. The van der Waals surface area contributed by atoms with Crippen molar-refractivity contribution in [1.29, 1.82) is 0 Å². The van der Waals surface area contributed by atoms with E-state index in [2.05, 4.69) is 4.72 Å². The van der Waals surface area contributed by atoms with Gasteiger partial charge in [-0.1, -0.05) is 6.92 Å². The third-order valence-corrected chi connectivity index (χ3v) is 5.76. The number of hydrogen-bond acceptors (Lipinski definition) is 4. The van der Waals surface area contributed by atoms with Gasteiger partial charge in [-0.25, -0.2) is 17.9 Å². The highest BCUT2D eigenvalue weighted by molar-refractivity contribution is 7.89. The molecule has 2 N–H and O–H groups in total. The third kappa shape index (κ3) is 4.23. The summed E-state index contributed by atoms with van der Waals surface area (Å²) in [5, 5.41) is 9.47. The highest BCUT2D eigenvalue weighted by atomic mass is 32.2. The number of rotatable bonds is 6. The Morgan fingerprint density at radius 1 is 1.30 bits per heavy atom. The molecule has 128 valence electrons. The van der Waals surface area contributed by atoms with Gasteiger partial charge in [0.1, 0.15) is 0 Å². The molecule has 1 heterocycles. The zero-order chi connectivity index (χ0) is 17.0. The van der Waals surface area contributed by atoms with Crippen molar-refractivity contribution >= 4 is 21.7 Å². The van der Waals surface area contributed by atoms with Crippen LogP contribution < -0.4 is 9.62 Å². The predicted octanol–water partition coefficient (Wildman–Crippen LogP) is 2.45. The van der Waals surface area contributed by atoms with E-state index in [4.69, 9.17) is 0 Å². The Morgan fingerprint density at radius 3 is 2.52 bits per heavy atom. The van der Waals surface area contributed by atoms with Gasteiger partial charge in [0.25, 0.3) is 0 Å². The molecule has 0 aromatic heterocycles. The Bertz CT molecular complexity index is 667. The van der Waals surface area contributed by atoms with Gasteiger partial charge in [-0.05, 0) is 50.8 Å². The summed E-state index contributed by atoms with van der Waals surface area (Å²) in [6.45, 7) is 5.27. The molecule has 0 aliphatic carbocycles. The average molecular weight is 340 g/mol. The number of nitrogens with zero attached hydrogens (tertiary/aromatic N) is 1. The predicted molar refractivity (Wildman–Crippen MR) is 89.5 cm³/mol. The molecule has 6 nitrogen and oxygen atoms in total. The van der Waals surface area contributed by atoms with Gasteiger partial charge in [-0.15, -0.1) is 0 Å². The Labute approximate surface area is 137 Å². The van der Waals surface area contributed by atoms with Crippen LogP contribution in [-0.2, 0) is 10.0 Å². The lowest BCUT2D eigenvalue weighted by Gasteiger charge is -2.30. The van der Waals surface area contributed by atoms with E-state index in [-0.39, 0.29) is 16.5 Å². The summed E-state index contributed by atoms with van der Waals surface area (Å²) >= 11 is 0. The number of anilines is 1. The molecule has 1 atom stereocenters. The number of hydrogen-bond donors (Lipinski definition) is 2. The van der Waals surface area contributed by atoms with Crippen LogP contribution in [0.4, 0.5) is 5.69 Å². The fourth-order valence-corrected chi connectivity index (χ4v) is 4.03. The van der Waals surface area contributed by atoms with E-state index in [1.165, 1.54) is 12.1 Å². The van der Waals surface area contributed by atoms with E-state index >= 15 is 0 Å². The topological polar surface area (TPSA) is 86.7 Å². The second-order valence-corrected chi connectivity index (χ2v) is 7.68. The van der Waals surface area contributed by atoms with Crippen LogP contribution in [0.3, 0.4) is 0 Å². The van der Waals surface area contributed by atoms with Crippen LogP contribution in [0.1, 0.15) is 49.9 Å². The van der Waals surface area contributed by atoms with Gasteiger partial charge < -0.3 is 10.0 Å². The first kappa shape index (κ1) is 17.7. The molecule has 1 aromatic carbocycles. The molecule has 1 fully saturated rings. The van der Waals surface area contributed by atoms with Crippen LogP contribution in [0, 0.1) is 0 Å². The molecule has 1 saturated heterocycles. The van der Waals surface area contributed by atoms with Crippen molar-refractivity contribution in [2.45, 2.75) is 50.5 Å². The molecule has 0 amide bonds. The van der Waals surface area contributed by atoms with Gasteiger partial charge in [-0.3, -0.25) is 0 Å². The second-order valence-electron chi connectivity index (χ2n) is 5.96. The van der Waals surface area contributed by atoms with Crippen LogP contribution in [0.25, 0.3) is 0 Å². The largest absolute Gasteiger partial charge is 0.478 e. The maximum absolute atomic E-state index is 12.3. The first-order valence-electron chi connectivity index (χ1n) is 7.99. The quantitative estimate of drug-likeness (QED) is 0.831. The zero-order valence-corrected chi connectivity index (χ0v) is 14.4. The number of nitrogens with one attached hydrogen (secondary N) is 1. The van der Waals surface area contributed by atoms with E-state index in [1.54, 1.807) is 13.0 Å². The fourth-order valence-electron chi connectivity index (χ4n) is 2.68. The minimum Gasteiger partial charge on any atom is -0.478 e. The fraction of sp³-hybridized carbons (Fsp3) is 0.562. The van der Waals surface area contributed by atoms with Gasteiger partial charge in [0, 0.05) is 19.1 Å². The highest BCUT2D eigenvalue weighted by Crippen LogP contribution is 2.27. The standard InChI is InChI=1S/C16H24N2O4S/c1-3-12(2)17-23(21,22)13-7-8-15(14(11-13)16(19)20)18-9-5-4-6-10-18/h7-8,11-12,17H,3-6,9-10H2,1-2H3,(H,19,20)/t12-/m1/s1. The van der Waals surface area contributed by atoms with Crippen LogP contribution in [0.5, 0.6) is 0 Å². The summed E-state index contributed by atoms with van der Waals surface area (Å²) in [7, 11) is -3.71. The minimum atomic E-state index is -3.71. The Hall–Kier alpha value is -1.60. The first-order chi connectivity index (χ1) is 10.8. The molecule has 7 heteroatoms. The summed E-state index contributed by atoms with van der Waals surface area (Å²) < 4.78 is 27.2. The van der Waals surface area contributed by atoms with E-state index in [1.807, 2.05) is 11.8 Å². The summed E-state index contributed by atoms with van der Waals surface area (Å²) in [4.78, 5) is 13.6. The minimum absolute atomic E-state index is 0.00374. The normalized spacial score (nSPS) is 17.0. The van der Waals surface area contributed by atoms with Crippen molar-refractivity contribution in [1.82, 2.24) is 4.72 Å². The molecule has 0 unspecified atom stereocenters. The molecule has 1 aliphatic rings. The molecular formula is C16H24N2O4S. The van der Waals surface area contributed by atoms with Crippen molar-refractivity contribution in [2.75, 3.05) is 18.0 Å². The Balaban J connectivity index is 2.37. The van der Waals surface area contributed by atoms with Crippen LogP contribution in [-0.4, -0.2) is 38.6 Å². The number of benzene rings is 1. The number of piperidine rings is 1. The SMILES string of the molecule is CC[C@@H](C)NS(=O)(=O)c1ccc(N2CCCCC2)c(C(=O)O)c1. The maximum Gasteiger partial charge on any atom is 0.337 e. The van der Waals surface area contributed by atoms with E-state index in [0.717, 1.165) is 32.4 Å². The van der Waals surface area contributed by atoms with Gasteiger partial charge in [0.2, 0.25) is 10.0 Å². The van der Waals surface area contributed by atoms with Crippen molar-refractivity contribution in [3.8, 4) is 0 Å². The molecule has 0 spiro atoms. The Morgan fingerprint density at radius 2 is 1.96 bits per heavy atom. The number of carbonyl (C=O) groups is 1. The highest BCUT2D eigenvalue weighted by Gasteiger charge is 2.23. The number of carboxylic acids is 1. The van der Waals surface area contributed by atoms with Crippen molar-refractivity contribution in [3.63, 3.8) is 0 Å². The van der Waals surface area contributed by atoms with Crippen molar-refractivity contribution < 1.29 is 18.3 Å². The van der Waals surface area contributed by atoms with Crippen molar-refractivity contribution in [3.05, 3.63) is 23.8 Å². The maximum atomic E-state index is 12.3. The molecule has 23 heavy (non-hydrogen) atoms. The molecule has 0 radical (unpaired) electrons. The monoisotopic (exact) mass is 340 g/mol. The molecule has 2 rings (SSSR count). The summed E-state index contributed by atoms with van der Waals surface area (Å²) in [5.74, 6) is -1.11.